The molecule has 3 heteroatoms. The van der Waals surface area contributed by atoms with Gasteiger partial charge in [0.15, 0.2) is 0 Å². The van der Waals surface area contributed by atoms with Crippen LogP contribution in [0.2, 0.25) is 0 Å². The molecule has 0 fully saturated rings. The molecular formula is C13H18N2O. The van der Waals surface area contributed by atoms with E-state index in [1.165, 1.54) is 0 Å². The van der Waals surface area contributed by atoms with Crippen molar-refractivity contribution in [2.45, 2.75) is 26.4 Å². The molecule has 0 heterocycles. The highest BCUT2D eigenvalue weighted by molar-refractivity contribution is 5.54. The lowest BCUT2D eigenvalue weighted by molar-refractivity contribution is 0.199. The second-order valence-electron chi connectivity index (χ2n) is 3.72. The van der Waals surface area contributed by atoms with Crippen LogP contribution in [0.5, 0.6) is 0 Å². The number of hydrogen-bond acceptors (Lipinski definition) is 3. The number of benzene rings is 1. The van der Waals surface area contributed by atoms with Crippen molar-refractivity contribution in [2.24, 2.45) is 0 Å². The van der Waals surface area contributed by atoms with Crippen molar-refractivity contribution >= 4 is 5.69 Å². The van der Waals surface area contributed by atoms with Gasteiger partial charge in [-0.2, -0.15) is 5.26 Å². The third kappa shape index (κ3) is 2.98. The lowest BCUT2D eigenvalue weighted by Crippen LogP contribution is -2.25. The molecular weight excluding hydrogens is 200 g/mol. The maximum Gasteiger partial charge on any atom is 0.0781 e. The molecule has 1 N–H and O–H groups in total. The van der Waals surface area contributed by atoms with Gasteiger partial charge in [0.2, 0.25) is 0 Å². The summed E-state index contributed by atoms with van der Waals surface area (Å²) in [5.74, 6) is 0. The van der Waals surface area contributed by atoms with Gasteiger partial charge >= 0.3 is 0 Å². The maximum absolute atomic E-state index is 9.68. The largest absolute Gasteiger partial charge is 0.389 e. The Morgan fingerprint density at radius 3 is 2.69 bits per heavy atom. The van der Waals surface area contributed by atoms with Crippen LogP contribution in [0.15, 0.2) is 24.3 Å². The average Bonchev–Trinajstić information content (AvgIpc) is 2.30. The number of nitriles is 1. The van der Waals surface area contributed by atoms with E-state index in [9.17, 15) is 5.11 Å². The summed E-state index contributed by atoms with van der Waals surface area (Å²) < 4.78 is 0. The smallest absolute Gasteiger partial charge is 0.0781 e. The second-order valence-corrected chi connectivity index (χ2v) is 3.72. The zero-order chi connectivity index (χ0) is 12.0. The van der Waals surface area contributed by atoms with Crippen LogP contribution in [0.1, 0.15) is 31.9 Å². The van der Waals surface area contributed by atoms with Gasteiger partial charge in [-0.25, -0.2) is 0 Å². The molecule has 0 radical (unpaired) electrons. The molecule has 1 atom stereocenters. The maximum atomic E-state index is 9.68. The third-order valence-electron chi connectivity index (χ3n) is 2.60. The Morgan fingerprint density at radius 1 is 1.44 bits per heavy atom. The summed E-state index contributed by atoms with van der Waals surface area (Å²) in [6.45, 7) is 5.36. The topological polar surface area (TPSA) is 47.3 Å². The lowest BCUT2D eigenvalue weighted by Gasteiger charge is -2.25. The van der Waals surface area contributed by atoms with Gasteiger partial charge in [0, 0.05) is 24.3 Å². The molecule has 0 aromatic heterocycles. The molecule has 1 aromatic rings. The summed E-state index contributed by atoms with van der Waals surface area (Å²) in [4.78, 5) is 2.12. The van der Waals surface area contributed by atoms with E-state index in [1.54, 1.807) is 6.92 Å². The highest BCUT2D eigenvalue weighted by Crippen LogP contribution is 2.25. The van der Waals surface area contributed by atoms with Crippen LogP contribution in [0, 0.1) is 11.3 Å². The SMILES string of the molecule is CCN(CCC#N)c1ccccc1[C@@H](C)O. The first-order chi connectivity index (χ1) is 7.70. The summed E-state index contributed by atoms with van der Waals surface area (Å²) in [7, 11) is 0. The molecule has 1 aromatic carbocycles. The molecule has 0 bridgehead atoms. The van der Waals surface area contributed by atoms with Crippen LogP contribution in [-0.2, 0) is 0 Å². The average molecular weight is 218 g/mol. The molecule has 0 aliphatic carbocycles. The van der Waals surface area contributed by atoms with Gasteiger partial charge in [-0.15, -0.1) is 0 Å². The summed E-state index contributed by atoms with van der Waals surface area (Å²) in [6, 6.07) is 9.94. The summed E-state index contributed by atoms with van der Waals surface area (Å²) in [6.07, 6.45) is 0.0226. The molecule has 0 unspecified atom stereocenters. The van der Waals surface area contributed by atoms with E-state index in [4.69, 9.17) is 5.26 Å². The standard InChI is InChI=1S/C13H18N2O/c1-3-15(10-6-9-14)13-8-5-4-7-12(13)11(2)16/h4-5,7-8,11,16H,3,6,10H2,1-2H3/t11-/m1/s1. The Bertz CT molecular complexity index is 368. The van der Waals surface area contributed by atoms with Crippen LogP contribution in [0.25, 0.3) is 0 Å². The van der Waals surface area contributed by atoms with Crippen molar-refractivity contribution in [3.05, 3.63) is 29.8 Å². The minimum Gasteiger partial charge on any atom is -0.389 e. The number of aliphatic hydroxyl groups is 1. The molecule has 0 amide bonds. The molecule has 0 spiro atoms. The molecule has 0 saturated carbocycles. The van der Waals surface area contributed by atoms with Crippen molar-refractivity contribution < 1.29 is 5.11 Å². The highest BCUT2D eigenvalue weighted by Gasteiger charge is 2.11. The van der Waals surface area contributed by atoms with Crippen LogP contribution in [0.4, 0.5) is 5.69 Å². The van der Waals surface area contributed by atoms with Crippen molar-refractivity contribution in [1.82, 2.24) is 0 Å². The van der Waals surface area contributed by atoms with Gasteiger partial charge < -0.3 is 10.0 Å². The van der Waals surface area contributed by atoms with Crippen LogP contribution >= 0.6 is 0 Å². The van der Waals surface area contributed by atoms with Crippen LogP contribution in [-0.4, -0.2) is 18.2 Å². The Balaban J connectivity index is 2.95. The second kappa shape index (κ2) is 6.14. The minimum absolute atomic E-state index is 0.479. The van der Waals surface area contributed by atoms with E-state index in [2.05, 4.69) is 17.9 Å². The summed E-state index contributed by atoms with van der Waals surface area (Å²) in [5, 5.41) is 18.3. The zero-order valence-electron chi connectivity index (χ0n) is 9.85. The van der Waals surface area contributed by atoms with Gasteiger partial charge in [0.1, 0.15) is 0 Å². The van der Waals surface area contributed by atoms with Crippen molar-refractivity contribution in [3.8, 4) is 6.07 Å². The van der Waals surface area contributed by atoms with E-state index in [0.29, 0.717) is 13.0 Å². The number of nitrogens with zero attached hydrogens (tertiary/aromatic N) is 2. The van der Waals surface area contributed by atoms with E-state index >= 15 is 0 Å². The van der Waals surface area contributed by atoms with Gasteiger partial charge in [0.05, 0.1) is 18.6 Å². The highest BCUT2D eigenvalue weighted by atomic mass is 16.3. The fraction of sp³-hybridized carbons (Fsp3) is 0.462. The molecule has 0 aliphatic heterocycles. The Kier molecular flexibility index (Phi) is 4.81. The van der Waals surface area contributed by atoms with Crippen molar-refractivity contribution in [3.63, 3.8) is 0 Å². The number of hydrogen-bond donors (Lipinski definition) is 1. The fourth-order valence-corrected chi connectivity index (χ4v) is 1.76. The first-order valence-corrected chi connectivity index (χ1v) is 5.59. The molecule has 3 nitrogen and oxygen atoms in total. The molecule has 86 valence electrons. The Labute approximate surface area is 96.9 Å². The van der Waals surface area contributed by atoms with E-state index in [-0.39, 0.29) is 0 Å². The first kappa shape index (κ1) is 12.5. The molecule has 0 aliphatic rings. The van der Waals surface area contributed by atoms with Crippen LogP contribution in [0.3, 0.4) is 0 Å². The predicted molar refractivity (Wildman–Crippen MR) is 65.2 cm³/mol. The monoisotopic (exact) mass is 218 g/mol. The molecule has 0 saturated heterocycles. The van der Waals surface area contributed by atoms with Crippen molar-refractivity contribution in [1.29, 1.82) is 5.26 Å². The molecule has 16 heavy (non-hydrogen) atoms. The normalized spacial score (nSPS) is 11.9. The van der Waals surface area contributed by atoms with Crippen molar-refractivity contribution in [2.75, 3.05) is 18.0 Å². The number of rotatable bonds is 5. The number of aliphatic hydroxyl groups excluding tert-OH is 1. The van der Waals surface area contributed by atoms with Gasteiger partial charge in [-0.05, 0) is 19.9 Å². The van der Waals surface area contributed by atoms with Gasteiger partial charge in [-0.1, -0.05) is 18.2 Å². The first-order valence-electron chi connectivity index (χ1n) is 5.59. The zero-order valence-corrected chi connectivity index (χ0v) is 9.85. The number of anilines is 1. The summed E-state index contributed by atoms with van der Waals surface area (Å²) >= 11 is 0. The molecule has 1 rings (SSSR count). The predicted octanol–water partition coefficient (Wildman–Crippen LogP) is 2.48. The quantitative estimate of drug-likeness (QED) is 0.826. The van der Waals surface area contributed by atoms with Crippen LogP contribution < -0.4 is 4.90 Å². The third-order valence-corrected chi connectivity index (χ3v) is 2.60. The lowest BCUT2D eigenvalue weighted by atomic mass is 10.1. The van der Waals surface area contributed by atoms with E-state index in [1.807, 2.05) is 24.3 Å². The Hall–Kier alpha value is -1.53. The van der Waals surface area contributed by atoms with E-state index < -0.39 is 6.10 Å². The van der Waals surface area contributed by atoms with Gasteiger partial charge in [-0.3, -0.25) is 0 Å². The fourth-order valence-electron chi connectivity index (χ4n) is 1.76. The summed E-state index contributed by atoms with van der Waals surface area (Å²) in [5.41, 5.74) is 1.94. The van der Waals surface area contributed by atoms with E-state index in [0.717, 1.165) is 17.8 Å². The number of para-hydroxylation sites is 1. The van der Waals surface area contributed by atoms with Gasteiger partial charge in [0.25, 0.3) is 0 Å². The Morgan fingerprint density at radius 2 is 2.12 bits per heavy atom. The minimum atomic E-state index is -0.479.